The molecule has 7 rings (SSSR count). The number of hydrogen-bond acceptors (Lipinski definition) is 10. The molecule has 310 valence electrons. The van der Waals surface area contributed by atoms with Gasteiger partial charge >= 0.3 is 24.0 Å². The van der Waals surface area contributed by atoms with Crippen molar-refractivity contribution in [1.29, 1.82) is 0 Å². The monoisotopic (exact) mass is 844 g/mol. The van der Waals surface area contributed by atoms with Crippen LogP contribution in [0.1, 0.15) is 110 Å². The Bertz CT molecular complexity index is 2240. The molecular formula is C42H45ClF3N2O9P. The first-order valence-corrected chi connectivity index (χ1v) is 21.3. The fraction of sp³-hybridized carbons (Fsp3) is 0.476. The van der Waals surface area contributed by atoms with Crippen molar-refractivity contribution < 1.29 is 55.6 Å². The van der Waals surface area contributed by atoms with E-state index in [4.69, 9.17) is 30.3 Å². The van der Waals surface area contributed by atoms with Gasteiger partial charge in [-0.1, -0.05) is 18.5 Å². The highest BCUT2D eigenvalue weighted by Crippen LogP contribution is 2.62. The van der Waals surface area contributed by atoms with Crippen molar-refractivity contribution in [3.8, 4) is 17.2 Å². The number of hydrogen-bond donors (Lipinski definition) is 1. The SMILES string of the molecule is CCC(=O)CCc1cc2c(c(Cl)c1OC(=O)C(C)(C)C)Oc1c(cc3c4c1CCCN4CCC3)C21OC(=O)c2ccc([PH](=O)OCCCCNC(=O)C(F)(F)F)cc21. The number of nitrogens with zero attached hydrogens (tertiary/aromatic N) is 1. The molecule has 0 bridgehead atoms. The Hall–Kier alpha value is -4.39. The van der Waals surface area contributed by atoms with E-state index < -0.39 is 43.1 Å². The molecule has 2 unspecified atom stereocenters. The molecule has 4 aliphatic heterocycles. The fourth-order valence-corrected chi connectivity index (χ4v) is 9.32. The molecule has 1 amide bonds. The molecule has 4 aliphatic rings. The molecule has 1 N–H and O–H groups in total. The lowest BCUT2D eigenvalue weighted by Gasteiger charge is -2.43. The molecular weight excluding hydrogens is 800 g/mol. The molecule has 3 aromatic rings. The van der Waals surface area contributed by atoms with Gasteiger partial charge in [0, 0.05) is 65.7 Å². The van der Waals surface area contributed by atoms with E-state index in [9.17, 15) is 36.9 Å². The van der Waals surface area contributed by atoms with Gasteiger partial charge in [0.2, 0.25) is 8.03 Å². The molecule has 0 saturated carbocycles. The van der Waals surface area contributed by atoms with E-state index in [1.54, 1.807) is 45.1 Å². The van der Waals surface area contributed by atoms with Crippen LogP contribution in [0.15, 0.2) is 30.3 Å². The Labute approximate surface area is 339 Å². The van der Waals surface area contributed by atoms with Gasteiger partial charge in [0.15, 0.2) is 17.1 Å². The number of esters is 2. The number of unbranched alkanes of at least 4 members (excludes halogenated alkanes) is 1. The number of halogens is 4. The van der Waals surface area contributed by atoms with Crippen molar-refractivity contribution >= 4 is 54.2 Å². The largest absolute Gasteiger partial charge is 0.471 e. The lowest BCUT2D eigenvalue weighted by Crippen LogP contribution is -2.38. The molecule has 0 saturated heterocycles. The number of amides is 1. The van der Waals surface area contributed by atoms with E-state index in [2.05, 4.69) is 4.90 Å². The van der Waals surface area contributed by atoms with E-state index in [-0.39, 0.29) is 72.0 Å². The zero-order valence-corrected chi connectivity index (χ0v) is 34.5. The Morgan fingerprint density at radius 3 is 2.43 bits per heavy atom. The number of Topliss-reactive ketones (excluding diaryl/α,β-unsaturated/α-hetero) is 1. The van der Waals surface area contributed by atoms with Crippen molar-refractivity contribution in [2.24, 2.45) is 5.41 Å². The first-order chi connectivity index (χ1) is 27.4. The van der Waals surface area contributed by atoms with Crippen LogP contribution in [0.3, 0.4) is 0 Å². The number of alkyl halides is 3. The van der Waals surface area contributed by atoms with Gasteiger partial charge in [-0.3, -0.25) is 18.9 Å². The molecule has 58 heavy (non-hydrogen) atoms. The van der Waals surface area contributed by atoms with Crippen molar-refractivity contribution in [3.05, 3.63) is 74.3 Å². The van der Waals surface area contributed by atoms with Crippen LogP contribution in [0.4, 0.5) is 18.9 Å². The Balaban J connectivity index is 1.35. The van der Waals surface area contributed by atoms with E-state index in [1.807, 2.05) is 6.07 Å². The van der Waals surface area contributed by atoms with E-state index in [1.165, 1.54) is 12.1 Å². The van der Waals surface area contributed by atoms with Gasteiger partial charge in [0.05, 0.1) is 17.6 Å². The summed E-state index contributed by atoms with van der Waals surface area (Å²) in [5, 5.41) is 2.04. The van der Waals surface area contributed by atoms with Crippen molar-refractivity contribution in [2.75, 3.05) is 31.1 Å². The van der Waals surface area contributed by atoms with Crippen LogP contribution in [0, 0.1) is 5.41 Å². The van der Waals surface area contributed by atoms with Crippen LogP contribution in [-0.2, 0) is 53.1 Å². The first-order valence-electron chi connectivity index (χ1n) is 19.6. The second-order valence-corrected chi connectivity index (χ2v) is 17.9. The fourth-order valence-electron chi connectivity index (χ4n) is 8.04. The molecule has 0 aromatic heterocycles. The number of rotatable bonds is 12. The maximum atomic E-state index is 14.1. The molecule has 0 aliphatic carbocycles. The minimum Gasteiger partial charge on any atom is -0.454 e. The molecule has 2 atom stereocenters. The van der Waals surface area contributed by atoms with Crippen LogP contribution in [0.25, 0.3) is 0 Å². The normalized spacial score (nSPS) is 18.3. The smallest absolute Gasteiger partial charge is 0.454 e. The molecule has 0 fully saturated rings. The summed E-state index contributed by atoms with van der Waals surface area (Å²) in [5.41, 5.74) is 2.45. The molecule has 4 heterocycles. The predicted octanol–water partition coefficient (Wildman–Crippen LogP) is 8.05. The van der Waals surface area contributed by atoms with Crippen molar-refractivity contribution in [2.45, 2.75) is 97.3 Å². The minimum atomic E-state index is -4.98. The summed E-state index contributed by atoms with van der Waals surface area (Å²) in [6, 6.07) is 8.40. The lowest BCUT2D eigenvalue weighted by atomic mass is 9.74. The third-order valence-electron chi connectivity index (χ3n) is 11.0. The quantitative estimate of drug-likeness (QED) is 0.0826. The Morgan fingerprint density at radius 1 is 1.00 bits per heavy atom. The lowest BCUT2D eigenvalue weighted by molar-refractivity contribution is -0.173. The zero-order chi connectivity index (χ0) is 41.7. The van der Waals surface area contributed by atoms with Crippen molar-refractivity contribution in [1.82, 2.24) is 5.32 Å². The van der Waals surface area contributed by atoms with Gasteiger partial charge in [-0.25, -0.2) is 4.79 Å². The highest BCUT2D eigenvalue weighted by Gasteiger charge is 2.56. The number of benzene rings is 3. The van der Waals surface area contributed by atoms with E-state index in [0.29, 0.717) is 40.8 Å². The molecule has 3 aromatic carbocycles. The molecule has 1 spiro atoms. The summed E-state index contributed by atoms with van der Waals surface area (Å²) in [5.74, 6) is -2.62. The standard InChI is InChI=1S/C42H45ClF3N2O9P/c1-5-25(49)13-12-24-21-31-36(32(43)34(24)56-39(52)40(2,3)4)55-35-28-11-9-18-48-17-8-10-23(33(28)48)20-30(35)41(31)29-22-26(14-15-27(29)37(50)57-41)58(53)54-19-7-6-16-47-38(51)42(44,45)46/h14-15,20-22,58H,5-13,16-19H2,1-4H3,(H,47,51). The maximum absolute atomic E-state index is 14.1. The van der Waals surface area contributed by atoms with E-state index in [0.717, 1.165) is 49.2 Å². The highest BCUT2D eigenvalue weighted by molar-refractivity contribution is 7.48. The number of carbonyl (C=O) groups is 4. The predicted molar refractivity (Wildman–Crippen MR) is 210 cm³/mol. The van der Waals surface area contributed by atoms with Crippen LogP contribution >= 0.6 is 19.6 Å². The summed E-state index contributed by atoms with van der Waals surface area (Å²) < 4.78 is 76.4. The van der Waals surface area contributed by atoms with Gasteiger partial charge in [-0.15, -0.1) is 0 Å². The van der Waals surface area contributed by atoms with Crippen LogP contribution < -0.4 is 25.0 Å². The molecule has 16 heteroatoms. The summed E-state index contributed by atoms with van der Waals surface area (Å²) in [6.07, 6.45) is -0.794. The Morgan fingerprint density at radius 2 is 1.72 bits per heavy atom. The summed E-state index contributed by atoms with van der Waals surface area (Å²) in [6.45, 7) is 8.36. The molecule has 11 nitrogen and oxygen atoms in total. The van der Waals surface area contributed by atoms with Crippen LogP contribution in [0.2, 0.25) is 5.02 Å². The number of ketones is 1. The number of carbonyl (C=O) groups excluding carboxylic acids is 4. The van der Waals surface area contributed by atoms with Crippen molar-refractivity contribution in [3.63, 3.8) is 0 Å². The van der Waals surface area contributed by atoms with Crippen LogP contribution in [-0.4, -0.2) is 56.0 Å². The average molecular weight is 845 g/mol. The van der Waals surface area contributed by atoms with Gasteiger partial charge in [-0.05, 0) is 107 Å². The zero-order valence-electron chi connectivity index (χ0n) is 32.7. The maximum Gasteiger partial charge on any atom is 0.471 e. The number of anilines is 1. The first kappa shape index (κ1) is 41.8. The third kappa shape index (κ3) is 7.63. The van der Waals surface area contributed by atoms with Gasteiger partial charge in [0.1, 0.15) is 16.6 Å². The van der Waals surface area contributed by atoms with Gasteiger partial charge < -0.3 is 29.0 Å². The average Bonchev–Trinajstić information content (AvgIpc) is 3.47. The van der Waals surface area contributed by atoms with Crippen LogP contribution in [0.5, 0.6) is 17.2 Å². The summed E-state index contributed by atoms with van der Waals surface area (Å²) >= 11 is 7.28. The topological polar surface area (TPSA) is 138 Å². The number of fused-ring (bicyclic) bond motifs is 7. The Kier molecular flexibility index (Phi) is 11.5. The third-order valence-corrected chi connectivity index (χ3v) is 12.6. The summed E-state index contributed by atoms with van der Waals surface area (Å²) in [4.78, 5) is 53.6. The van der Waals surface area contributed by atoms with Gasteiger partial charge in [0.25, 0.3) is 0 Å². The number of nitrogens with one attached hydrogen (secondary N) is 1. The molecule has 0 radical (unpaired) electrons. The second-order valence-electron chi connectivity index (χ2n) is 16.1. The number of ether oxygens (including phenoxy) is 3. The second kappa shape index (κ2) is 16.0. The summed E-state index contributed by atoms with van der Waals surface area (Å²) in [7, 11) is -2.98. The highest BCUT2D eigenvalue weighted by atomic mass is 35.5. The minimum absolute atomic E-state index is 0.0213. The van der Waals surface area contributed by atoms with E-state index >= 15 is 0 Å². The van der Waals surface area contributed by atoms with Gasteiger partial charge in [-0.2, -0.15) is 13.2 Å². The number of aryl methyl sites for hydroxylation is 2.